The number of thioether (sulfide) groups is 1. The van der Waals surface area contributed by atoms with E-state index in [0.717, 1.165) is 36.6 Å². The van der Waals surface area contributed by atoms with Gasteiger partial charge in [-0.2, -0.15) is 0 Å². The lowest BCUT2D eigenvalue weighted by atomic mass is 9.97. The SMILES string of the molecule is C=Cc1ccc(SC)cc1C(CCC)NCCOc1cc(F)ccc1F. The van der Waals surface area contributed by atoms with Crippen LogP contribution < -0.4 is 10.1 Å². The molecule has 26 heavy (non-hydrogen) atoms. The summed E-state index contributed by atoms with van der Waals surface area (Å²) in [6, 6.07) is 9.72. The summed E-state index contributed by atoms with van der Waals surface area (Å²) in [5, 5.41) is 3.47. The summed E-state index contributed by atoms with van der Waals surface area (Å²) in [5.41, 5.74) is 2.30. The molecule has 2 nitrogen and oxygen atoms in total. The Balaban J connectivity index is 2.02. The van der Waals surface area contributed by atoms with Gasteiger partial charge in [-0.3, -0.25) is 0 Å². The van der Waals surface area contributed by atoms with E-state index in [1.165, 1.54) is 10.5 Å². The molecular weight excluding hydrogens is 352 g/mol. The Kier molecular flexibility index (Phi) is 8.13. The van der Waals surface area contributed by atoms with Crippen LogP contribution >= 0.6 is 11.8 Å². The molecule has 0 amide bonds. The molecule has 1 N–H and O–H groups in total. The van der Waals surface area contributed by atoms with Crippen LogP contribution in [0.25, 0.3) is 6.08 Å². The molecule has 0 bridgehead atoms. The molecular formula is C21H25F2NOS. The summed E-state index contributed by atoms with van der Waals surface area (Å²) in [4.78, 5) is 1.20. The van der Waals surface area contributed by atoms with E-state index in [1.54, 1.807) is 11.8 Å². The molecule has 2 aromatic carbocycles. The van der Waals surface area contributed by atoms with Crippen LogP contribution in [-0.4, -0.2) is 19.4 Å². The van der Waals surface area contributed by atoms with Crippen molar-refractivity contribution < 1.29 is 13.5 Å². The van der Waals surface area contributed by atoms with Crippen molar-refractivity contribution in [2.75, 3.05) is 19.4 Å². The highest BCUT2D eigenvalue weighted by molar-refractivity contribution is 7.98. The Morgan fingerprint density at radius 3 is 2.73 bits per heavy atom. The average molecular weight is 378 g/mol. The van der Waals surface area contributed by atoms with Crippen molar-refractivity contribution in [2.45, 2.75) is 30.7 Å². The van der Waals surface area contributed by atoms with E-state index in [2.05, 4.69) is 43.3 Å². The van der Waals surface area contributed by atoms with Crippen LogP contribution in [0.3, 0.4) is 0 Å². The Morgan fingerprint density at radius 2 is 2.04 bits per heavy atom. The molecule has 0 aliphatic carbocycles. The van der Waals surface area contributed by atoms with E-state index < -0.39 is 11.6 Å². The summed E-state index contributed by atoms with van der Waals surface area (Å²) < 4.78 is 32.2. The zero-order valence-corrected chi connectivity index (χ0v) is 16.0. The first-order valence-corrected chi connectivity index (χ1v) is 9.93. The van der Waals surface area contributed by atoms with E-state index in [4.69, 9.17) is 4.74 Å². The molecule has 0 saturated heterocycles. The second-order valence-corrected chi connectivity index (χ2v) is 6.80. The molecule has 5 heteroatoms. The van der Waals surface area contributed by atoms with Crippen molar-refractivity contribution in [3.63, 3.8) is 0 Å². The first-order valence-electron chi connectivity index (χ1n) is 8.70. The molecule has 0 fully saturated rings. The standard InChI is InChI=1S/C21H25F2NOS/c1-4-6-20(18-14-17(26-3)9-7-15(18)5-2)24-11-12-25-21-13-16(22)8-10-19(21)23/h5,7-10,13-14,20,24H,2,4,6,11-12H2,1,3H3. The molecule has 0 saturated carbocycles. The minimum atomic E-state index is -0.557. The van der Waals surface area contributed by atoms with Crippen molar-refractivity contribution in [2.24, 2.45) is 0 Å². The van der Waals surface area contributed by atoms with E-state index in [9.17, 15) is 8.78 Å². The predicted molar refractivity (Wildman–Crippen MR) is 106 cm³/mol. The molecule has 0 radical (unpaired) electrons. The molecule has 2 aromatic rings. The van der Waals surface area contributed by atoms with Gasteiger partial charge in [0.2, 0.25) is 0 Å². The van der Waals surface area contributed by atoms with Gasteiger partial charge in [-0.05, 0) is 48.1 Å². The Labute approximate surface area is 158 Å². The van der Waals surface area contributed by atoms with Crippen LogP contribution in [-0.2, 0) is 0 Å². The van der Waals surface area contributed by atoms with Gasteiger partial charge in [0.05, 0.1) is 0 Å². The molecule has 140 valence electrons. The summed E-state index contributed by atoms with van der Waals surface area (Å²) >= 11 is 1.70. The molecule has 0 aromatic heterocycles. The summed E-state index contributed by atoms with van der Waals surface area (Å²) in [6.07, 6.45) is 5.91. The fourth-order valence-electron chi connectivity index (χ4n) is 2.81. The molecule has 0 aliphatic heterocycles. The molecule has 0 aliphatic rings. The first kappa shape index (κ1) is 20.5. The van der Waals surface area contributed by atoms with Gasteiger partial charge in [0.25, 0.3) is 0 Å². The van der Waals surface area contributed by atoms with E-state index in [1.807, 2.05) is 6.08 Å². The van der Waals surface area contributed by atoms with Gasteiger partial charge in [0.15, 0.2) is 11.6 Å². The second-order valence-electron chi connectivity index (χ2n) is 5.92. The lowest BCUT2D eigenvalue weighted by Gasteiger charge is -2.21. The minimum absolute atomic E-state index is 0.0602. The van der Waals surface area contributed by atoms with Crippen molar-refractivity contribution in [1.29, 1.82) is 0 Å². The molecule has 1 atom stereocenters. The zero-order chi connectivity index (χ0) is 18.9. The lowest BCUT2D eigenvalue weighted by molar-refractivity contribution is 0.288. The summed E-state index contributed by atoms with van der Waals surface area (Å²) in [7, 11) is 0. The number of rotatable bonds is 10. The van der Waals surface area contributed by atoms with Gasteiger partial charge in [-0.25, -0.2) is 8.78 Å². The normalized spacial score (nSPS) is 12.0. The number of ether oxygens (including phenoxy) is 1. The van der Waals surface area contributed by atoms with Crippen molar-refractivity contribution in [1.82, 2.24) is 5.32 Å². The van der Waals surface area contributed by atoms with Crippen LogP contribution in [0.1, 0.15) is 36.9 Å². The van der Waals surface area contributed by atoms with Crippen molar-refractivity contribution in [3.8, 4) is 5.75 Å². The topological polar surface area (TPSA) is 21.3 Å². The number of halogens is 2. The fraction of sp³-hybridized carbons (Fsp3) is 0.333. The monoisotopic (exact) mass is 377 g/mol. The lowest BCUT2D eigenvalue weighted by Crippen LogP contribution is -2.27. The average Bonchev–Trinajstić information content (AvgIpc) is 2.66. The largest absolute Gasteiger partial charge is 0.489 e. The van der Waals surface area contributed by atoms with Crippen molar-refractivity contribution in [3.05, 3.63) is 65.7 Å². The van der Waals surface area contributed by atoms with Gasteiger partial charge < -0.3 is 10.1 Å². The predicted octanol–water partition coefficient (Wildman–Crippen LogP) is 5.84. The van der Waals surface area contributed by atoms with E-state index in [-0.39, 0.29) is 18.4 Å². The van der Waals surface area contributed by atoms with Crippen LogP contribution in [0.5, 0.6) is 5.75 Å². The molecule has 0 heterocycles. The minimum Gasteiger partial charge on any atom is -0.489 e. The van der Waals surface area contributed by atoms with Gasteiger partial charge in [0, 0.05) is 23.5 Å². The highest BCUT2D eigenvalue weighted by Crippen LogP contribution is 2.28. The molecule has 2 rings (SSSR count). The molecule has 1 unspecified atom stereocenters. The highest BCUT2D eigenvalue weighted by Gasteiger charge is 2.14. The Morgan fingerprint density at radius 1 is 1.23 bits per heavy atom. The van der Waals surface area contributed by atoms with Gasteiger partial charge in [-0.1, -0.05) is 32.1 Å². The van der Waals surface area contributed by atoms with Crippen LogP contribution in [0.15, 0.2) is 47.9 Å². The third kappa shape index (κ3) is 5.58. The number of nitrogens with one attached hydrogen (secondary N) is 1. The van der Waals surface area contributed by atoms with Crippen LogP contribution in [0.4, 0.5) is 8.78 Å². The maximum atomic E-state index is 13.6. The molecule has 0 spiro atoms. The van der Waals surface area contributed by atoms with Crippen molar-refractivity contribution >= 4 is 17.8 Å². The maximum absolute atomic E-state index is 13.6. The zero-order valence-electron chi connectivity index (χ0n) is 15.2. The Hall–Kier alpha value is -1.85. The number of hydrogen-bond donors (Lipinski definition) is 1. The van der Waals surface area contributed by atoms with E-state index >= 15 is 0 Å². The number of benzene rings is 2. The summed E-state index contributed by atoms with van der Waals surface area (Å²) in [5.74, 6) is -1.13. The Bertz CT molecular complexity index is 736. The van der Waals surface area contributed by atoms with Crippen LogP contribution in [0.2, 0.25) is 0 Å². The van der Waals surface area contributed by atoms with Gasteiger partial charge in [0.1, 0.15) is 12.4 Å². The fourth-order valence-corrected chi connectivity index (χ4v) is 3.25. The number of hydrogen-bond acceptors (Lipinski definition) is 3. The maximum Gasteiger partial charge on any atom is 0.165 e. The van der Waals surface area contributed by atoms with Crippen LogP contribution in [0, 0.1) is 11.6 Å². The van der Waals surface area contributed by atoms with Gasteiger partial charge >= 0.3 is 0 Å². The summed E-state index contributed by atoms with van der Waals surface area (Å²) in [6.45, 7) is 6.83. The third-order valence-electron chi connectivity index (χ3n) is 4.11. The smallest absolute Gasteiger partial charge is 0.165 e. The van der Waals surface area contributed by atoms with Gasteiger partial charge in [-0.15, -0.1) is 11.8 Å². The quantitative estimate of drug-likeness (QED) is 0.415. The highest BCUT2D eigenvalue weighted by atomic mass is 32.2. The third-order valence-corrected chi connectivity index (χ3v) is 4.84. The van der Waals surface area contributed by atoms with E-state index in [0.29, 0.717) is 6.54 Å². The first-order chi connectivity index (χ1) is 12.6. The second kappa shape index (κ2) is 10.3.